The summed E-state index contributed by atoms with van der Waals surface area (Å²) in [5.41, 5.74) is 0.460. The number of rotatable bonds is 4. The van der Waals surface area contributed by atoms with E-state index < -0.39 is 0 Å². The molecule has 2 atom stereocenters. The molecule has 0 spiro atoms. The number of halogens is 1. The second kappa shape index (κ2) is 7.47. The minimum Gasteiger partial charge on any atom is -0.483 e. The standard InChI is InChI=1S/C18H22BrNO3/c19-15-7-8-17(14(10-15)11-21)23-12-18(22)20-9-3-5-13-4-1-2-6-16(13)20/h7-8,10-11,13,16H,1-6,9,12H2. The third-order valence-electron chi connectivity index (χ3n) is 5.01. The Bertz CT molecular complexity index is 588. The molecular weight excluding hydrogens is 358 g/mol. The molecule has 4 nitrogen and oxygen atoms in total. The second-order valence-electron chi connectivity index (χ2n) is 6.43. The topological polar surface area (TPSA) is 46.6 Å². The van der Waals surface area contributed by atoms with Crippen molar-refractivity contribution in [2.45, 2.75) is 44.6 Å². The van der Waals surface area contributed by atoms with Crippen molar-refractivity contribution in [1.82, 2.24) is 4.90 Å². The summed E-state index contributed by atoms with van der Waals surface area (Å²) in [4.78, 5) is 25.7. The van der Waals surface area contributed by atoms with Crippen LogP contribution < -0.4 is 4.74 Å². The van der Waals surface area contributed by atoms with Gasteiger partial charge in [0.1, 0.15) is 5.75 Å². The van der Waals surface area contributed by atoms with Crippen LogP contribution in [-0.4, -0.2) is 36.3 Å². The summed E-state index contributed by atoms with van der Waals surface area (Å²) in [5, 5.41) is 0. The summed E-state index contributed by atoms with van der Waals surface area (Å²) in [7, 11) is 0. The molecule has 5 heteroatoms. The highest BCUT2D eigenvalue weighted by molar-refractivity contribution is 9.10. The first kappa shape index (κ1) is 16.5. The molecule has 0 aromatic heterocycles. The summed E-state index contributed by atoms with van der Waals surface area (Å²) in [6, 6.07) is 5.63. The summed E-state index contributed by atoms with van der Waals surface area (Å²) in [5.74, 6) is 1.18. The fraction of sp³-hybridized carbons (Fsp3) is 0.556. The van der Waals surface area contributed by atoms with Crippen LogP contribution in [0.4, 0.5) is 0 Å². The van der Waals surface area contributed by atoms with Gasteiger partial charge in [0, 0.05) is 17.1 Å². The molecule has 1 aromatic carbocycles. The van der Waals surface area contributed by atoms with Crippen LogP contribution in [-0.2, 0) is 4.79 Å². The molecule has 1 heterocycles. The van der Waals surface area contributed by atoms with Gasteiger partial charge < -0.3 is 9.64 Å². The maximum absolute atomic E-state index is 12.6. The number of hydrogen-bond donors (Lipinski definition) is 0. The van der Waals surface area contributed by atoms with Crippen LogP contribution in [0, 0.1) is 5.92 Å². The van der Waals surface area contributed by atoms with Gasteiger partial charge in [-0.25, -0.2) is 0 Å². The SMILES string of the molecule is O=Cc1cc(Br)ccc1OCC(=O)N1CCCC2CCCCC21. The van der Waals surface area contributed by atoms with Crippen molar-refractivity contribution in [3.05, 3.63) is 28.2 Å². The van der Waals surface area contributed by atoms with Crippen LogP contribution in [0.25, 0.3) is 0 Å². The molecule has 3 rings (SSSR count). The Morgan fingerprint density at radius 3 is 2.87 bits per heavy atom. The number of carbonyl (C=O) groups excluding carboxylic acids is 2. The van der Waals surface area contributed by atoms with E-state index in [9.17, 15) is 9.59 Å². The zero-order chi connectivity index (χ0) is 16.2. The Kier molecular flexibility index (Phi) is 5.36. The van der Waals surface area contributed by atoms with E-state index in [1.54, 1.807) is 12.1 Å². The van der Waals surface area contributed by atoms with Crippen LogP contribution in [0.2, 0.25) is 0 Å². The van der Waals surface area contributed by atoms with Crippen molar-refractivity contribution in [1.29, 1.82) is 0 Å². The molecule has 1 aromatic rings. The van der Waals surface area contributed by atoms with Crippen LogP contribution >= 0.6 is 15.9 Å². The van der Waals surface area contributed by atoms with Gasteiger partial charge in [-0.2, -0.15) is 0 Å². The molecule has 23 heavy (non-hydrogen) atoms. The Morgan fingerprint density at radius 1 is 1.26 bits per heavy atom. The highest BCUT2D eigenvalue weighted by Crippen LogP contribution is 2.35. The number of piperidine rings is 1. The number of likely N-dealkylation sites (tertiary alicyclic amines) is 1. The first-order chi connectivity index (χ1) is 11.2. The molecule has 0 N–H and O–H groups in total. The van der Waals surface area contributed by atoms with Gasteiger partial charge in [0.25, 0.3) is 5.91 Å². The molecule has 1 aliphatic heterocycles. The van der Waals surface area contributed by atoms with E-state index in [1.165, 1.54) is 25.7 Å². The van der Waals surface area contributed by atoms with Crippen molar-refractivity contribution in [3.8, 4) is 5.75 Å². The first-order valence-corrected chi connectivity index (χ1v) is 9.15. The lowest BCUT2D eigenvalue weighted by atomic mass is 9.78. The Labute approximate surface area is 145 Å². The van der Waals surface area contributed by atoms with Crippen LogP contribution in [0.5, 0.6) is 5.75 Å². The number of nitrogens with zero attached hydrogens (tertiary/aromatic N) is 1. The molecule has 0 radical (unpaired) electrons. The van der Waals surface area contributed by atoms with E-state index >= 15 is 0 Å². The van der Waals surface area contributed by atoms with E-state index in [2.05, 4.69) is 15.9 Å². The van der Waals surface area contributed by atoms with Crippen LogP contribution in [0.3, 0.4) is 0 Å². The van der Waals surface area contributed by atoms with Gasteiger partial charge in [0.15, 0.2) is 12.9 Å². The Morgan fingerprint density at radius 2 is 2.04 bits per heavy atom. The van der Waals surface area contributed by atoms with Gasteiger partial charge in [0.05, 0.1) is 5.56 Å². The average molecular weight is 380 g/mol. The maximum atomic E-state index is 12.6. The minimum atomic E-state index is 0.00565. The first-order valence-electron chi connectivity index (χ1n) is 8.36. The van der Waals surface area contributed by atoms with Gasteiger partial charge in [-0.15, -0.1) is 0 Å². The van der Waals surface area contributed by atoms with E-state index in [-0.39, 0.29) is 12.5 Å². The van der Waals surface area contributed by atoms with Gasteiger partial charge in [0.2, 0.25) is 0 Å². The predicted molar refractivity (Wildman–Crippen MR) is 91.7 cm³/mol. The minimum absolute atomic E-state index is 0.00565. The highest BCUT2D eigenvalue weighted by atomic mass is 79.9. The Balaban J connectivity index is 1.63. The van der Waals surface area contributed by atoms with Crippen molar-refractivity contribution in [3.63, 3.8) is 0 Å². The third kappa shape index (κ3) is 3.77. The Hall–Kier alpha value is -1.36. The van der Waals surface area contributed by atoms with Crippen molar-refractivity contribution in [2.75, 3.05) is 13.2 Å². The van der Waals surface area contributed by atoms with Gasteiger partial charge in [-0.1, -0.05) is 28.8 Å². The largest absolute Gasteiger partial charge is 0.483 e. The lowest BCUT2D eigenvalue weighted by Gasteiger charge is -2.44. The summed E-state index contributed by atoms with van der Waals surface area (Å²) in [6.45, 7) is 0.843. The number of benzene rings is 1. The molecule has 1 aliphatic carbocycles. The smallest absolute Gasteiger partial charge is 0.260 e. The van der Waals surface area contributed by atoms with Crippen molar-refractivity contribution in [2.24, 2.45) is 5.92 Å². The fourth-order valence-corrected chi connectivity index (χ4v) is 4.28. The van der Waals surface area contributed by atoms with Crippen molar-refractivity contribution >= 4 is 28.1 Å². The molecule has 124 valence electrons. The molecule has 1 saturated heterocycles. The summed E-state index contributed by atoms with van der Waals surface area (Å²) >= 11 is 3.33. The summed E-state index contributed by atoms with van der Waals surface area (Å²) < 4.78 is 6.45. The maximum Gasteiger partial charge on any atom is 0.260 e. The lowest BCUT2D eigenvalue weighted by molar-refractivity contribution is -0.139. The molecule has 0 bridgehead atoms. The number of ether oxygens (including phenoxy) is 1. The number of carbonyl (C=O) groups is 2. The molecular formula is C18H22BrNO3. The van der Waals surface area contributed by atoms with E-state index in [4.69, 9.17) is 4.74 Å². The molecule has 2 fully saturated rings. The number of aldehydes is 1. The number of hydrogen-bond acceptors (Lipinski definition) is 3. The fourth-order valence-electron chi connectivity index (χ4n) is 3.90. The molecule has 1 amide bonds. The monoisotopic (exact) mass is 379 g/mol. The highest BCUT2D eigenvalue weighted by Gasteiger charge is 2.35. The normalized spacial score (nSPS) is 24.0. The molecule has 1 saturated carbocycles. The van der Waals surface area contributed by atoms with Gasteiger partial charge >= 0.3 is 0 Å². The quantitative estimate of drug-likeness (QED) is 0.746. The van der Waals surface area contributed by atoms with E-state index in [0.29, 0.717) is 23.3 Å². The van der Waals surface area contributed by atoms with Crippen LogP contribution in [0.1, 0.15) is 48.9 Å². The predicted octanol–water partition coefficient (Wildman–Crippen LogP) is 3.82. The summed E-state index contributed by atoms with van der Waals surface area (Å²) in [6.07, 6.45) is 7.96. The average Bonchev–Trinajstić information content (AvgIpc) is 2.59. The molecule has 2 aliphatic rings. The zero-order valence-electron chi connectivity index (χ0n) is 13.2. The van der Waals surface area contributed by atoms with Gasteiger partial charge in [-0.05, 0) is 49.8 Å². The van der Waals surface area contributed by atoms with E-state index in [0.717, 1.165) is 30.1 Å². The number of fused-ring (bicyclic) bond motifs is 1. The lowest BCUT2D eigenvalue weighted by Crippen LogP contribution is -2.51. The van der Waals surface area contributed by atoms with E-state index in [1.807, 2.05) is 11.0 Å². The van der Waals surface area contributed by atoms with Crippen molar-refractivity contribution < 1.29 is 14.3 Å². The third-order valence-corrected chi connectivity index (χ3v) is 5.51. The zero-order valence-corrected chi connectivity index (χ0v) is 14.8. The molecule has 2 unspecified atom stereocenters. The van der Waals surface area contributed by atoms with Crippen LogP contribution in [0.15, 0.2) is 22.7 Å². The number of amides is 1. The second-order valence-corrected chi connectivity index (χ2v) is 7.35. The van der Waals surface area contributed by atoms with Gasteiger partial charge in [-0.3, -0.25) is 9.59 Å².